The number of carbonyl (C=O) groups is 2. The van der Waals surface area contributed by atoms with Crippen molar-refractivity contribution >= 4 is 11.8 Å². The molecule has 0 fully saturated rings. The summed E-state index contributed by atoms with van der Waals surface area (Å²) < 4.78 is 5.52. The Kier molecular flexibility index (Phi) is 6.45. The number of nitrogens with two attached hydrogens (primary N) is 1. The van der Waals surface area contributed by atoms with Crippen LogP contribution >= 0.6 is 0 Å². The lowest BCUT2D eigenvalue weighted by Gasteiger charge is -2.13. The Hall–Kier alpha value is -2.15. The van der Waals surface area contributed by atoms with Gasteiger partial charge in [-0.3, -0.25) is 9.59 Å². The summed E-state index contributed by atoms with van der Waals surface area (Å²) in [4.78, 5) is 27.0. The van der Waals surface area contributed by atoms with E-state index in [4.69, 9.17) is 10.5 Å². The van der Waals surface area contributed by atoms with Gasteiger partial charge in [0.2, 0.25) is 5.88 Å². The van der Waals surface area contributed by atoms with Crippen molar-refractivity contribution in [3.05, 3.63) is 23.9 Å². The second-order valence-corrected chi connectivity index (χ2v) is 4.36. The lowest BCUT2D eigenvalue weighted by molar-refractivity contribution is -0.139. The van der Waals surface area contributed by atoms with Crippen LogP contribution in [0.15, 0.2) is 18.3 Å². The standard InChI is InChI=1S/C13H20N4O3/c1-9(2)20-13-10(4-3-6-16-13)8-17-12(19)11(18)15-7-5-14/h3-4,6,9H,5,7-8,14H2,1-2H3,(H,15,18)(H,17,19). The van der Waals surface area contributed by atoms with Gasteiger partial charge in [0.15, 0.2) is 0 Å². The van der Waals surface area contributed by atoms with Gasteiger partial charge in [-0.2, -0.15) is 0 Å². The predicted octanol–water partition coefficient (Wildman–Crippen LogP) is -0.440. The molecule has 0 saturated carbocycles. The molecule has 1 aromatic rings. The molecule has 4 N–H and O–H groups in total. The zero-order chi connectivity index (χ0) is 15.0. The van der Waals surface area contributed by atoms with E-state index in [1.54, 1.807) is 18.3 Å². The molecular formula is C13H20N4O3. The van der Waals surface area contributed by atoms with Gasteiger partial charge >= 0.3 is 11.8 Å². The largest absolute Gasteiger partial charge is 0.475 e. The van der Waals surface area contributed by atoms with Crippen LogP contribution in [-0.2, 0) is 16.1 Å². The van der Waals surface area contributed by atoms with Crippen molar-refractivity contribution in [1.29, 1.82) is 0 Å². The summed E-state index contributed by atoms with van der Waals surface area (Å²) in [7, 11) is 0. The van der Waals surface area contributed by atoms with Crippen LogP contribution in [0, 0.1) is 0 Å². The number of pyridine rings is 1. The Morgan fingerprint density at radius 3 is 2.70 bits per heavy atom. The summed E-state index contributed by atoms with van der Waals surface area (Å²) in [6.45, 7) is 4.49. The maximum absolute atomic E-state index is 11.5. The maximum Gasteiger partial charge on any atom is 0.309 e. The molecule has 7 nitrogen and oxygen atoms in total. The number of amides is 2. The van der Waals surface area contributed by atoms with Gasteiger partial charge in [-0.05, 0) is 19.9 Å². The molecule has 7 heteroatoms. The minimum Gasteiger partial charge on any atom is -0.475 e. The van der Waals surface area contributed by atoms with Gasteiger partial charge in [-0.15, -0.1) is 0 Å². The van der Waals surface area contributed by atoms with E-state index in [1.807, 2.05) is 13.8 Å². The fraction of sp³-hybridized carbons (Fsp3) is 0.462. The van der Waals surface area contributed by atoms with Gasteiger partial charge < -0.3 is 21.1 Å². The van der Waals surface area contributed by atoms with Crippen molar-refractivity contribution in [3.8, 4) is 5.88 Å². The monoisotopic (exact) mass is 280 g/mol. The van der Waals surface area contributed by atoms with Gasteiger partial charge in [0.05, 0.1) is 6.10 Å². The molecule has 1 rings (SSSR count). The van der Waals surface area contributed by atoms with E-state index in [2.05, 4.69) is 15.6 Å². The smallest absolute Gasteiger partial charge is 0.309 e. The molecule has 0 aliphatic heterocycles. The Morgan fingerprint density at radius 1 is 1.35 bits per heavy atom. The quantitative estimate of drug-likeness (QED) is 0.612. The number of ether oxygens (including phenoxy) is 1. The maximum atomic E-state index is 11.5. The van der Waals surface area contributed by atoms with E-state index in [0.717, 1.165) is 0 Å². The summed E-state index contributed by atoms with van der Waals surface area (Å²) in [6, 6.07) is 3.52. The van der Waals surface area contributed by atoms with Crippen LogP contribution in [0.1, 0.15) is 19.4 Å². The van der Waals surface area contributed by atoms with Gasteiger partial charge in [0.25, 0.3) is 0 Å². The molecule has 1 heterocycles. The molecule has 0 saturated heterocycles. The first-order chi connectivity index (χ1) is 9.54. The van der Waals surface area contributed by atoms with Crippen LogP contribution in [0.25, 0.3) is 0 Å². The van der Waals surface area contributed by atoms with E-state index in [-0.39, 0.29) is 25.7 Å². The first-order valence-electron chi connectivity index (χ1n) is 6.41. The molecule has 0 atom stereocenters. The molecule has 1 aromatic heterocycles. The van der Waals surface area contributed by atoms with Crippen molar-refractivity contribution in [2.75, 3.05) is 13.1 Å². The minimum atomic E-state index is -0.710. The second kappa shape index (κ2) is 8.11. The first-order valence-corrected chi connectivity index (χ1v) is 6.41. The molecular weight excluding hydrogens is 260 g/mol. The third kappa shape index (κ3) is 5.23. The van der Waals surface area contributed by atoms with Crippen LogP contribution < -0.4 is 21.1 Å². The molecule has 2 amide bonds. The van der Waals surface area contributed by atoms with Gasteiger partial charge in [0, 0.05) is 31.4 Å². The lowest BCUT2D eigenvalue weighted by atomic mass is 10.2. The molecule has 0 unspecified atom stereocenters. The molecule has 0 aliphatic rings. The van der Waals surface area contributed by atoms with Crippen LogP contribution in [-0.4, -0.2) is 36.0 Å². The van der Waals surface area contributed by atoms with Gasteiger partial charge in [-0.25, -0.2) is 4.98 Å². The second-order valence-electron chi connectivity index (χ2n) is 4.36. The molecule has 0 aromatic carbocycles. The zero-order valence-electron chi connectivity index (χ0n) is 11.7. The summed E-state index contributed by atoms with van der Waals surface area (Å²) in [5.74, 6) is -0.964. The van der Waals surface area contributed by atoms with E-state index < -0.39 is 11.8 Å². The summed E-state index contributed by atoms with van der Waals surface area (Å²) in [6.07, 6.45) is 1.59. The Bertz CT molecular complexity index is 463. The number of rotatable bonds is 6. The van der Waals surface area contributed by atoms with Gasteiger partial charge in [-0.1, -0.05) is 6.07 Å². The van der Waals surface area contributed by atoms with Crippen LogP contribution in [0.3, 0.4) is 0 Å². The molecule has 0 radical (unpaired) electrons. The van der Waals surface area contributed by atoms with Crippen molar-refractivity contribution in [2.45, 2.75) is 26.5 Å². The highest BCUT2D eigenvalue weighted by molar-refractivity contribution is 6.35. The van der Waals surface area contributed by atoms with Crippen LogP contribution in [0.5, 0.6) is 5.88 Å². The minimum absolute atomic E-state index is 0.0211. The molecule has 20 heavy (non-hydrogen) atoms. The molecule has 0 spiro atoms. The summed E-state index contributed by atoms with van der Waals surface area (Å²) in [5.41, 5.74) is 5.95. The van der Waals surface area contributed by atoms with E-state index in [9.17, 15) is 9.59 Å². The normalized spacial score (nSPS) is 10.2. The van der Waals surface area contributed by atoms with E-state index >= 15 is 0 Å². The average molecular weight is 280 g/mol. The topological polar surface area (TPSA) is 106 Å². The Labute approximate surface area is 117 Å². The molecule has 110 valence electrons. The number of carbonyl (C=O) groups excluding carboxylic acids is 2. The van der Waals surface area contributed by atoms with Crippen LogP contribution in [0.2, 0.25) is 0 Å². The fourth-order valence-corrected chi connectivity index (χ4v) is 1.41. The van der Waals surface area contributed by atoms with Crippen molar-refractivity contribution in [2.24, 2.45) is 5.73 Å². The lowest BCUT2D eigenvalue weighted by Crippen LogP contribution is -2.41. The number of hydrogen-bond donors (Lipinski definition) is 3. The number of hydrogen-bond acceptors (Lipinski definition) is 5. The third-order valence-electron chi connectivity index (χ3n) is 2.27. The average Bonchev–Trinajstić information content (AvgIpc) is 2.42. The van der Waals surface area contributed by atoms with Crippen molar-refractivity contribution in [3.63, 3.8) is 0 Å². The van der Waals surface area contributed by atoms with E-state index in [1.165, 1.54) is 0 Å². The van der Waals surface area contributed by atoms with Gasteiger partial charge in [0.1, 0.15) is 0 Å². The third-order valence-corrected chi connectivity index (χ3v) is 2.27. The Balaban J connectivity index is 2.57. The molecule has 0 aliphatic carbocycles. The van der Waals surface area contributed by atoms with Crippen molar-refractivity contribution < 1.29 is 14.3 Å². The highest BCUT2D eigenvalue weighted by Crippen LogP contribution is 2.15. The highest BCUT2D eigenvalue weighted by atomic mass is 16.5. The number of nitrogens with zero attached hydrogens (tertiary/aromatic N) is 1. The molecule has 0 bridgehead atoms. The number of aromatic nitrogens is 1. The fourth-order valence-electron chi connectivity index (χ4n) is 1.41. The van der Waals surface area contributed by atoms with Crippen LogP contribution in [0.4, 0.5) is 0 Å². The number of nitrogens with one attached hydrogen (secondary N) is 2. The summed E-state index contributed by atoms with van der Waals surface area (Å²) >= 11 is 0. The van der Waals surface area contributed by atoms with Crippen molar-refractivity contribution in [1.82, 2.24) is 15.6 Å². The zero-order valence-corrected chi connectivity index (χ0v) is 11.7. The van der Waals surface area contributed by atoms with E-state index in [0.29, 0.717) is 11.4 Å². The first kappa shape index (κ1) is 15.9. The SMILES string of the molecule is CC(C)Oc1ncccc1CNC(=O)C(=O)NCCN. The predicted molar refractivity (Wildman–Crippen MR) is 73.9 cm³/mol. The Morgan fingerprint density at radius 2 is 2.05 bits per heavy atom. The highest BCUT2D eigenvalue weighted by Gasteiger charge is 2.13. The summed E-state index contributed by atoms with van der Waals surface area (Å²) in [5, 5.41) is 4.90.